The smallest absolute Gasteiger partial charge is 0.410 e. The summed E-state index contributed by atoms with van der Waals surface area (Å²) in [7, 11) is 0. The fourth-order valence-corrected chi connectivity index (χ4v) is 4.20. The molecule has 2 aliphatic rings. The summed E-state index contributed by atoms with van der Waals surface area (Å²) < 4.78 is 7.58. The third-order valence-corrected chi connectivity index (χ3v) is 5.65. The number of hydrogen-bond acceptors (Lipinski definition) is 4. The summed E-state index contributed by atoms with van der Waals surface area (Å²) in [5, 5.41) is 7.74. The Kier molecular flexibility index (Phi) is 5.08. The van der Waals surface area contributed by atoms with Crippen molar-refractivity contribution in [3.63, 3.8) is 0 Å². The van der Waals surface area contributed by atoms with Crippen molar-refractivity contribution >= 4 is 12.0 Å². The van der Waals surface area contributed by atoms with E-state index >= 15 is 0 Å². The van der Waals surface area contributed by atoms with Gasteiger partial charge in [0.15, 0.2) is 0 Å². The van der Waals surface area contributed by atoms with Gasteiger partial charge in [-0.2, -0.15) is 5.10 Å². The Labute approximate surface area is 177 Å². The van der Waals surface area contributed by atoms with Gasteiger partial charge in [0.1, 0.15) is 5.60 Å². The van der Waals surface area contributed by atoms with Crippen molar-refractivity contribution < 1.29 is 14.3 Å². The Morgan fingerprint density at radius 1 is 1.23 bits per heavy atom. The van der Waals surface area contributed by atoms with E-state index in [1.54, 1.807) is 4.90 Å². The van der Waals surface area contributed by atoms with E-state index in [1.165, 1.54) is 5.56 Å². The predicted octanol–water partition coefficient (Wildman–Crippen LogP) is 3.50. The summed E-state index contributed by atoms with van der Waals surface area (Å²) in [6.07, 6.45) is 0.533. The quantitative estimate of drug-likeness (QED) is 0.822. The fraction of sp³-hybridized carbons (Fsp3) is 0.522. The maximum absolute atomic E-state index is 12.9. The highest BCUT2D eigenvalue weighted by Crippen LogP contribution is 2.36. The number of amides is 2. The molecule has 4 rings (SSSR count). The molecule has 1 atom stereocenters. The van der Waals surface area contributed by atoms with E-state index in [4.69, 9.17) is 9.84 Å². The zero-order valence-electron chi connectivity index (χ0n) is 18.4. The number of carbonyl (C=O) groups excluding carboxylic acids is 2. The summed E-state index contributed by atoms with van der Waals surface area (Å²) in [5.41, 5.74) is 4.48. The molecule has 2 aromatic rings. The lowest BCUT2D eigenvalue weighted by atomic mass is 9.96. The second-order valence-electron chi connectivity index (χ2n) is 9.39. The third kappa shape index (κ3) is 3.80. The molecule has 30 heavy (non-hydrogen) atoms. The Balaban J connectivity index is 1.74. The normalized spacial score (nSPS) is 18.7. The Hall–Kier alpha value is -2.83. The molecule has 2 amide bonds. The molecule has 0 spiro atoms. The Morgan fingerprint density at radius 2 is 1.93 bits per heavy atom. The third-order valence-electron chi connectivity index (χ3n) is 5.65. The van der Waals surface area contributed by atoms with Gasteiger partial charge < -0.3 is 10.1 Å². The van der Waals surface area contributed by atoms with Crippen molar-refractivity contribution in [2.75, 3.05) is 13.1 Å². The molecule has 0 saturated carbocycles. The van der Waals surface area contributed by atoms with Gasteiger partial charge in [-0.3, -0.25) is 9.69 Å². The van der Waals surface area contributed by atoms with Crippen LogP contribution in [0, 0.1) is 0 Å². The van der Waals surface area contributed by atoms with E-state index < -0.39 is 5.60 Å². The molecule has 3 heterocycles. The van der Waals surface area contributed by atoms with E-state index in [1.807, 2.05) is 25.5 Å². The van der Waals surface area contributed by atoms with Gasteiger partial charge >= 0.3 is 6.09 Å². The van der Waals surface area contributed by atoms with E-state index in [-0.39, 0.29) is 24.5 Å². The van der Waals surface area contributed by atoms with Gasteiger partial charge in [-0.1, -0.05) is 26.0 Å². The van der Waals surface area contributed by atoms with Gasteiger partial charge in [0.25, 0.3) is 0 Å². The number of carbonyl (C=O) groups is 2. The molecule has 2 aliphatic heterocycles. The maximum atomic E-state index is 12.9. The standard InChI is InChI=1S/C23H30N4O3/c1-14(2)15-6-8-16(9-7-15)27-18-10-11-26(22(29)30-23(3,4)5)19-13-24-20(28)12-17(25-27)21(18)19/h6-9,14,19H,10-13H2,1-5H3,(H,24,28)/t19-/m1/s1. The highest BCUT2D eigenvalue weighted by atomic mass is 16.6. The second-order valence-corrected chi connectivity index (χ2v) is 9.39. The lowest BCUT2D eigenvalue weighted by molar-refractivity contribution is -0.120. The minimum atomic E-state index is -0.573. The highest BCUT2D eigenvalue weighted by molar-refractivity contribution is 5.80. The van der Waals surface area contributed by atoms with Gasteiger partial charge in [0, 0.05) is 25.1 Å². The molecule has 1 N–H and O–H groups in total. The minimum Gasteiger partial charge on any atom is -0.444 e. The zero-order chi connectivity index (χ0) is 21.6. The minimum absolute atomic E-state index is 0.0730. The van der Waals surface area contributed by atoms with Gasteiger partial charge in [-0.05, 0) is 44.4 Å². The average Bonchev–Trinajstić information content (AvgIpc) is 2.94. The number of nitrogens with one attached hydrogen (secondary N) is 1. The molecule has 0 fully saturated rings. The first-order valence-electron chi connectivity index (χ1n) is 10.6. The van der Waals surface area contributed by atoms with Crippen molar-refractivity contribution in [3.8, 4) is 5.69 Å². The number of aromatic nitrogens is 2. The SMILES string of the molecule is CC(C)c1ccc(-n2nc3c4c2CCN(C(=O)OC(C)(C)C)[C@@H]4CNC(=O)C3)cc1. The van der Waals surface area contributed by atoms with Crippen LogP contribution in [0.25, 0.3) is 5.69 Å². The molecule has 1 aromatic carbocycles. The lowest BCUT2D eigenvalue weighted by Gasteiger charge is -2.36. The van der Waals surface area contributed by atoms with Crippen LogP contribution in [0.15, 0.2) is 24.3 Å². The summed E-state index contributed by atoms with van der Waals surface area (Å²) >= 11 is 0. The number of hydrogen-bond donors (Lipinski definition) is 1. The predicted molar refractivity (Wildman–Crippen MR) is 114 cm³/mol. The topological polar surface area (TPSA) is 76.5 Å². The summed E-state index contributed by atoms with van der Waals surface area (Å²) in [5.74, 6) is 0.387. The molecule has 0 aliphatic carbocycles. The first-order valence-corrected chi connectivity index (χ1v) is 10.6. The number of nitrogens with zero attached hydrogens (tertiary/aromatic N) is 3. The van der Waals surface area contributed by atoms with E-state index in [0.717, 1.165) is 22.6 Å². The van der Waals surface area contributed by atoms with Crippen LogP contribution in [0.1, 0.15) is 69.1 Å². The van der Waals surface area contributed by atoms with Crippen LogP contribution in [0.2, 0.25) is 0 Å². The van der Waals surface area contributed by atoms with Gasteiger partial charge in [-0.25, -0.2) is 9.48 Å². The zero-order valence-corrected chi connectivity index (χ0v) is 18.4. The molecular weight excluding hydrogens is 380 g/mol. The largest absolute Gasteiger partial charge is 0.444 e. The first kappa shape index (κ1) is 20.4. The summed E-state index contributed by atoms with van der Waals surface area (Å²) in [6.45, 7) is 10.8. The van der Waals surface area contributed by atoms with Crippen molar-refractivity contribution in [2.24, 2.45) is 0 Å². The molecule has 0 radical (unpaired) electrons. The van der Waals surface area contributed by atoms with Crippen LogP contribution in [-0.4, -0.2) is 45.4 Å². The average molecular weight is 411 g/mol. The van der Waals surface area contributed by atoms with E-state index in [9.17, 15) is 9.59 Å². The molecule has 1 aromatic heterocycles. The van der Waals surface area contributed by atoms with Crippen molar-refractivity contribution in [1.82, 2.24) is 20.0 Å². The Morgan fingerprint density at radius 3 is 2.57 bits per heavy atom. The van der Waals surface area contributed by atoms with Gasteiger partial charge in [0.05, 0.1) is 29.5 Å². The van der Waals surface area contributed by atoms with E-state index in [0.29, 0.717) is 25.4 Å². The van der Waals surface area contributed by atoms with Crippen molar-refractivity contribution in [3.05, 3.63) is 46.8 Å². The van der Waals surface area contributed by atoms with Crippen LogP contribution < -0.4 is 5.32 Å². The van der Waals surface area contributed by atoms with Crippen LogP contribution in [0.4, 0.5) is 4.79 Å². The summed E-state index contributed by atoms with van der Waals surface area (Å²) in [6, 6.07) is 8.13. The molecule has 0 unspecified atom stereocenters. The molecule has 7 nitrogen and oxygen atoms in total. The number of rotatable bonds is 2. The number of ether oxygens (including phenoxy) is 1. The van der Waals surface area contributed by atoms with Crippen molar-refractivity contribution in [2.45, 2.75) is 65.0 Å². The molecular formula is C23H30N4O3. The van der Waals surface area contributed by atoms with Gasteiger partial charge in [-0.15, -0.1) is 0 Å². The van der Waals surface area contributed by atoms with Crippen LogP contribution >= 0.6 is 0 Å². The number of benzene rings is 1. The van der Waals surface area contributed by atoms with Crippen LogP contribution in [0.3, 0.4) is 0 Å². The van der Waals surface area contributed by atoms with Crippen molar-refractivity contribution in [1.29, 1.82) is 0 Å². The highest BCUT2D eigenvalue weighted by Gasteiger charge is 2.40. The molecule has 0 saturated heterocycles. The van der Waals surface area contributed by atoms with Crippen LogP contribution in [-0.2, 0) is 22.4 Å². The maximum Gasteiger partial charge on any atom is 0.410 e. The summed E-state index contributed by atoms with van der Waals surface area (Å²) in [4.78, 5) is 26.9. The van der Waals surface area contributed by atoms with E-state index in [2.05, 4.69) is 43.4 Å². The second kappa shape index (κ2) is 7.45. The van der Waals surface area contributed by atoms with Crippen LogP contribution in [0.5, 0.6) is 0 Å². The molecule has 160 valence electrons. The monoisotopic (exact) mass is 410 g/mol. The van der Waals surface area contributed by atoms with Gasteiger partial charge in [0.2, 0.25) is 5.91 Å². The lowest BCUT2D eigenvalue weighted by Crippen LogP contribution is -2.46. The first-order chi connectivity index (χ1) is 14.1. The fourth-order valence-electron chi connectivity index (χ4n) is 4.20. The molecule has 7 heteroatoms. The molecule has 0 bridgehead atoms. The Bertz CT molecular complexity index is 970.